The number of aliphatic hydroxyl groups excluding tert-OH is 2. The number of nitrogens with one attached hydrogen (secondary N) is 2. The van der Waals surface area contributed by atoms with Crippen LogP contribution in [0.15, 0.2) is 186 Å². The predicted octanol–water partition coefficient (Wildman–Crippen LogP) is 21.1. The zero-order valence-electron chi connectivity index (χ0n) is 74.6. The van der Waals surface area contributed by atoms with Gasteiger partial charge in [-0.15, -0.1) is 0 Å². The minimum atomic E-state index is -1.06. The summed E-state index contributed by atoms with van der Waals surface area (Å²) in [7, 11) is 3.24. The Hall–Kier alpha value is -5.07. The Morgan fingerprint density at radius 1 is 0.566 bits per heavy atom. The normalized spacial score (nSPS) is 12.9. The van der Waals surface area contributed by atoms with Crippen LogP contribution < -0.4 is 50.7 Å². The molecule has 3 fully saturated rings. The molecule has 129 heavy (non-hydrogen) atoms. The first-order valence-electron chi connectivity index (χ1n) is 39.6. The second-order valence-electron chi connectivity index (χ2n) is 30.6. The van der Waals surface area contributed by atoms with Crippen LogP contribution >= 0.6 is 136 Å². The van der Waals surface area contributed by atoms with Crippen molar-refractivity contribution in [3.8, 4) is 5.75 Å². The van der Waals surface area contributed by atoms with Gasteiger partial charge in [-0.05, 0) is 303 Å². The van der Waals surface area contributed by atoms with Gasteiger partial charge < -0.3 is 63.0 Å². The first-order chi connectivity index (χ1) is 58.9. The maximum Gasteiger partial charge on any atom is 1.00 e. The maximum absolute atomic E-state index is 12.5. The van der Waals surface area contributed by atoms with E-state index >= 15 is 0 Å². The van der Waals surface area contributed by atoms with E-state index < -0.39 is 29.1 Å². The van der Waals surface area contributed by atoms with Crippen molar-refractivity contribution in [1.29, 1.82) is 0 Å². The summed E-state index contributed by atoms with van der Waals surface area (Å²) in [5.41, 5.74) is 10.3. The largest absolute Gasteiger partial charge is 1.00 e. The van der Waals surface area contributed by atoms with Crippen LogP contribution in [0.1, 0.15) is 246 Å². The quantitative estimate of drug-likeness (QED) is 0.00986. The van der Waals surface area contributed by atoms with Crippen molar-refractivity contribution in [1.82, 2.24) is 50.3 Å². The molecule has 0 bridgehead atoms. The molecule has 5 amide bonds. The van der Waals surface area contributed by atoms with E-state index in [4.69, 9.17) is 34.9 Å². The first kappa shape index (κ1) is 130. The molecule has 3 aliphatic carbocycles. The Kier molecular flexibility index (Phi) is 74.0. The van der Waals surface area contributed by atoms with Gasteiger partial charge >= 0.3 is 97.4 Å². The molecule has 0 atom stereocenters. The number of amides is 5. The molecule has 3 saturated carbocycles. The van der Waals surface area contributed by atoms with E-state index in [1.807, 2.05) is 75.3 Å². The van der Waals surface area contributed by atoms with Crippen molar-refractivity contribution in [3.63, 3.8) is 0 Å². The van der Waals surface area contributed by atoms with Crippen molar-refractivity contribution in [2.75, 3.05) is 27.3 Å². The molecule has 13 rings (SSSR count). The number of hydrogen-bond donors (Lipinski definition) is 5. The summed E-state index contributed by atoms with van der Waals surface area (Å²) in [6, 6.07) is 25.2. The number of methoxy groups -OCH3 is 1. The van der Waals surface area contributed by atoms with E-state index in [1.165, 1.54) is 74.7 Å². The zero-order chi connectivity index (χ0) is 92.8. The van der Waals surface area contributed by atoms with Crippen LogP contribution in [-0.4, -0.2) is 151 Å². The first-order valence-corrected chi connectivity index (χ1v) is 53.4. The van der Waals surface area contributed by atoms with Crippen LogP contribution in [0.4, 0.5) is 14.4 Å². The van der Waals surface area contributed by atoms with Gasteiger partial charge in [0.2, 0.25) is 0 Å². The smallest absolute Gasteiger partial charge is 1.00 e. The fraction of sp³-hybridized carbons (Fsp3) is 0.446. The molecule has 26 nitrogen and oxygen atoms in total. The molecule has 6 aromatic heterocycles. The minimum absolute atomic E-state index is 0. The van der Waals surface area contributed by atoms with E-state index in [2.05, 4.69) is 194 Å². The van der Waals surface area contributed by atoms with Crippen LogP contribution in [0.2, 0.25) is 0 Å². The molecule has 8 heterocycles. The number of pyridine rings is 6. The number of carbonyl (C=O) groups excluding carboxylic acids is 8. The number of aldehydes is 1. The molecule has 37 heteroatoms. The van der Waals surface area contributed by atoms with Crippen molar-refractivity contribution >= 4 is 192 Å². The van der Waals surface area contributed by atoms with Crippen molar-refractivity contribution in [3.05, 3.63) is 243 Å². The third kappa shape index (κ3) is 58.7. The third-order valence-corrected chi connectivity index (χ3v) is 19.4. The van der Waals surface area contributed by atoms with Crippen LogP contribution in [0.3, 0.4) is 0 Å². The molecule has 0 saturated heterocycles. The number of nitrogens with zero attached hydrogens (tertiary/aromatic N) is 8. The summed E-state index contributed by atoms with van der Waals surface area (Å²) >= 11 is 24.7. The molecular weight excluding hydrogens is 2320 g/mol. The Morgan fingerprint density at radius 2 is 0.907 bits per heavy atom. The van der Waals surface area contributed by atoms with Crippen molar-refractivity contribution < 1.29 is 113 Å². The predicted molar refractivity (Wildman–Crippen MR) is 544 cm³/mol. The number of rotatable bonds is 14. The summed E-state index contributed by atoms with van der Waals surface area (Å²) in [5.74, 6) is 1.58. The molecule has 0 spiro atoms. The fourth-order valence-electron chi connectivity index (χ4n) is 11.5. The Morgan fingerprint density at radius 3 is 1.26 bits per heavy atom. The summed E-state index contributed by atoms with van der Waals surface area (Å²) in [5, 5.41) is 21.3. The SMILES string of the molecule is Brc1cncc(CNCC2CCCC2)c1.C.C.C.CC(C)(C)OC(=O)N(Cc1cncc(Br)c1)CC1CCCC1.CC(C)(C)OC(=O)OC(=O)OC(C)(C)C.CO.COc1cncc(Br)c1.NCc1cncc(Br)c1.O=C1NC(=O)c2ccccc21.O=C1c2ccccc2C(=O)N1Cc1cncc(Br)c1.O=CC1CCCC1.OCc1cncc(Br)c1.[B].[CH2-]CC.[H-].[I][V][I].[Na+]. The van der Waals surface area contributed by atoms with E-state index in [0.29, 0.717) is 56.6 Å². The molecule has 2 aliphatic heterocycles. The van der Waals surface area contributed by atoms with E-state index in [0.717, 1.165) is 113 Å². The Labute approximate surface area is 869 Å². The third-order valence-electron chi connectivity index (χ3n) is 16.8. The average Bonchev–Trinajstić information content (AvgIpc) is 1.63. The zero-order valence-corrected chi connectivity index (χ0v) is 90.8. The van der Waals surface area contributed by atoms with Gasteiger partial charge in [0.1, 0.15) is 28.8 Å². The van der Waals surface area contributed by atoms with Gasteiger partial charge in [0.05, 0.1) is 55.3 Å². The second kappa shape index (κ2) is 73.3. The van der Waals surface area contributed by atoms with Gasteiger partial charge in [-0.25, -0.2) is 14.4 Å². The monoisotopic (exact) mass is 2440 g/mol. The molecule has 0 unspecified atom stereocenters. The minimum Gasteiger partial charge on any atom is 1.00 e. The molecule has 2 aromatic carbocycles. The number of benzene rings is 2. The number of halogens is 8. The van der Waals surface area contributed by atoms with E-state index in [1.54, 1.807) is 159 Å². The van der Waals surface area contributed by atoms with Crippen molar-refractivity contribution in [2.45, 2.75) is 225 Å². The fourth-order valence-corrected chi connectivity index (χ4v) is 13.9. The average molecular weight is 2450 g/mol. The molecule has 8 aromatic rings. The molecular formula is C92H127BBr6I2N11NaO15V-. The number of ether oxygens (including phenoxy) is 5. The number of nitrogens with two attached hydrogens (primary N) is 1. The molecule has 3 radical (unpaired) electrons. The summed E-state index contributed by atoms with van der Waals surface area (Å²) in [4.78, 5) is 118. The molecule has 6 N–H and O–H groups in total. The number of imide groups is 2. The Balaban J connectivity index is -0.000000451. The van der Waals surface area contributed by atoms with Crippen LogP contribution in [0.25, 0.3) is 0 Å². The Bertz CT molecular complexity index is 4340. The van der Waals surface area contributed by atoms with Gasteiger partial charge in [0.25, 0.3) is 23.6 Å². The maximum atomic E-state index is 12.5. The summed E-state index contributed by atoms with van der Waals surface area (Å²) in [6.45, 7) is 25.5. The van der Waals surface area contributed by atoms with Crippen LogP contribution in [0.5, 0.6) is 5.75 Å². The number of fused-ring (bicyclic) bond motifs is 2. The number of hydrogen-bond acceptors (Lipinski definition) is 23. The van der Waals surface area contributed by atoms with Gasteiger partial charge in [-0.1, -0.05) is 92.0 Å². The van der Waals surface area contributed by atoms with Gasteiger partial charge in [-0.3, -0.25) is 59.3 Å². The number of aliphatic hydroxyl groups is 2. The van der Waals surface area contributed by atoms with Gasteiger partial charge in [-0.2, -0.15) is 6.42 Å². The summed E-state index contributed by atoms with van der Waals surface area (Å²) in [6.07, 6.45) is 35.9. The van der Waals surface area contributed by atoms with Gasteiger partial charge in [0, 0.05) is 136 Å². The van der Waals surface area contributed by atoms with Gasteiger partial charge in [0.15, 0.2) is 0 Å². The van der Waals surface area contributed by atoms with Crippen molar-refractivity contribution in [2.24, 2.45) is 23.5 Å². The number of aromatic nitrogens is 6. The standard InChI is InChI=1S/C17H25BrN2O2.C14H9BrN2O2.C12H17BrN2.C10H18O5.C8H5NO2.C6H7BrN2.2C6H6BrNO.C6H10O.C3H7.CH4O.3CH4.B.2HI.Na.V.H/c1-17(2,3)22-16(21)20(11-13-6-4-5-7-13)12-14-8-15(18)10-19-9-14;15-10-5-9(6-16-7-10)8-17-13(18)11-3-1-2-4-12(11)14(17)19;13-12-5-11(8-15-9-12)7-14-6-10-3-1-2-4-10;1-9(2,3)14-7(11)13-8(12)15-10(4,5)6;10-7-5-3-1-2-4-6(5)8(11)9-7;7-6-1-5(2-8)3-9-4-6;1-9-6-2-5(7)3-8-4-6;7-6-1-5(4-9)2-8-3-6;7-5-6-3-1-2-4-6;1-3-2;1-2;;;;;;;;;/h8-10,13H,4-7,11-12H2,1-3H3;1-7H,8H2;5,8-10,14H,1-4,6-7H2;1-6H3;1-4H,(H,9,10,11);1,3-4H,2,8H2;2-4H,1H3;1-3,9H,4H2;5-6H,1-4H2;1,3H2,2H3;2H,1H3;3*1H4;;2*1H;;;/q;;;;;;;;;-1;;;;;;;;+1;+2;-1/p-2. The van der Waals surface area contributed by atoms with E-state index in [9.17, 15) is 38.4 Å². The molecule has 706 valence electrons. The topological polar surface area (TPSA) is 357 Å². The summed E-state index contributed by atoms with van der Waals surface area (Å²) < 4.78 is 29.9. The number of carbonyl (C=O) groups is 8. The second-order valence-corrected chi connectivity index (χ2v) is 47.9. The molecule has 5 aliphatic rings. The van der Waals surface area contributed by atoms with Crippen LogP contribution in [0, 0.1) is 24.7 Å². The van der Waals surface area contributed by atoms with E-state index in [-0.39, 0.29) is 105 Å². The van der Waals surface area contributed by atoms with Crippen LogP contribution in [-0.2, 0) is 66.0 Å².